The maximum Gasteiger partial charge on any atom is 0.262 e. The van der Waals surface area contributed by atoms with Crippen LogP contribution in [-0.2, 0) is 0 Å². The van der Waals surface area contributed by atoms with Gasteiger partial charge in [-0.3, -0.25) is 4.79 Å². The molecule has 0 saturated heterocycles. The summed E-state index contributed by atoms with van der Waals surface area (Å²) in [5.74, 6) is -0.156. The summed E-state index contributed by atoms with van der Waals surface area (Å²) < 4.78 is 1.02. The van der Waals surface area contributed by atoms with Gasteiger partial charge >= 0.3 is 0 Å². The van der Waals surface area contributed by atoms with Crippen molar-refractivity contribution in [2.45, 2.75) is 0 Å². The first-order valence-electron chi connectivity index (χ1n) is 4.89. The molecule has 3 nitrogen and oxygen atoms in total. The average Bonchev–Trinajstić information content (AvgIpc) is 2.64. The summed E-state index contributed by atoms with van der Waals surface area (Å²) in [5, 5.41) is 4.16. The Bertz CT molecular complexity index is 524. The molecule has 5 heteroatoms. The predicted octanol–water partition coefficient (Wildman–Crippen LogP) is 2.24. The summed E-state index contributed by atoms with van der Waals surface area (Å²) >= 11 is 7.55. The fourth-order valence-corrected chi connectivity index (χ4v) is 2.86. The lowest BCUT2D eigenvalue weighted by atomic mass is 10.2. The van der Waals surface area contributed by atoms with Gasteiger partial charge in [-0.05, 0) is 6.07 Å². The molecule has 0 atom stereocenters. The number of thiophene rings is 1. The fraction of sp³-hybridized carbons (Fsp3) is 0.182. The van der Waals surface area contributed by atoms with Crippen molar-refractivity contribution >= 4 is 38.9 Å². The molecule has 0 aliphatic carbocycles. The number of fused-ring (bicyclic) bond motifs is 1. The van der Waals surface area contributed by atoms with Crippen LogP contribution in [0.1, 0.15) is 9.67 Å². The summed E-state index contributed by atoms with van der Waals surface area (Å²) in [4.78, 5) is 12.3. The Morgan fingerprint density at radius 3 is 2.88 bits per heavy atom. The first-order valence-corrected chi connectivity index (χ1v) is 6.08. The first-order chi connectivity index (χ1) is 7.74. The van der Waals surface area contributed by atoms with E-state index in [4.69, 9.17) is 17.3 Å². The second-order valence-electron chi connectivity index (χ2n) is 3.29. The van der Waals surface area contributed by atoms with E-state index in [-0.39, 0.29) is 5.91 Å². The number of halogens is 1. The van der Waals surface area contributed by atoms with E-state index in [0.717, 1.165) is 10.1 Å². The molecule has 1 aromatic heterocycles. The quantitative estimate of drug-likeness (QED) is 0.883. The van der Waals surface area contributed by atoms with Crippen LogP contribution in [0.3, 0.4) is 0 Å². The Kier molecular flexibility index (Phi) is 3.43. The number of nitrogens with one attached hydrogen (secondary N) is 1. The molecule has 16 heavy (non-hydrogen) atoms. The van der Waals surface area contributed by atoms with Crippen molar-refractivity contribution in [2.75, 3.05) is 13.1 Å². The average molecular weight is 255 g/mol. The van der Waals surface area contributed by atoms with Crippen LogP contribution in [-0.4, -0.2) is 19.0 Å². The lowest BCUT2D eigenvalue weighted by molar-refractivity contribution is 0.0959. The summed E-state index contributed by atoms with van der Waals surface area (Å²) in [5.41, 5.74) is 5.32. The van der Waals surface area contributed by atoms with Gasteiger partial charge in [-0.15, -0.1) is 11.3 Å². The minimum Gasteiger partial charge on any atom is -0.350 e. The number of nitrogens with two attached hydrogens (primary N) is 1. The third-order valence-corrected chi connectivity index (χ3v) is 3.85. The zero-order chi connectivity index (χ0) is 11.5. The third-order valence-electron chi connectivity index (χ3n) is 2.17. The van der Waals surface area contributed by atoms with Gasteiger partial charge in [-0.25, -0.2) is 0 Å². The van der Waals surface area contributed by atoms with Crippen LogP contribution in [0.2, 0.25) is 5.02 Å². The number of amides is 1. The highest BCUT2D eigenvalue weighted by Gasteiger charge is 2.15. The molecule has 1 aromatic carbocycles. The van der Waals surface area contributed by atoms with Crippen molar-refractivity contribution in [1.29, 1.82) is 0 Å². The molecular formula is C11H11ClN2OS. The van der Waals surface area contributed by atoms with Gasteiger partial charge in [0.05, 0.1) is 5.02 Å². The molecular weight excluding hydrogens is 244 g/mol. The van der Waals surface area contributed by atoms with Crippen LogP contribution in [0.5, 0.6) is 0 Å². The highest BCUT2D eigenvalue weighted by atomic mass is 35.5. The second-order valence-corrected chi connectivity index (χ2v) is 4.72. The van der Waals surface area contributed by atoms with Crippen LogP contribution >= 0.6 is 22.9 Å². The SMILES string of the molecule is NCCNC(=O)c1sc2ccccc2c1Cl. The predicted molar refractivity (Wildman–Crippen MR) is 68.2 cm³/mol. The van der Waals surface area contributed by atoms with Crippen molar-refractivity contribution in [3.05, 3.63) is 34.2 Å². The Hall–Kier alpha value is -1.10. The topological polar surface area (TPSA) is 55.1 Å². The van der Waals surface area contributed by atoms with Gasteiger partial charge in [0.25, 0.3) is 5.91 Å². The zero-order valence-electron chi connectivity index (χ0n) is 8.50. The number of carbonyl (C=O) groups excluding carboxylic acids is 1. The zero-order valence-corrected chi connectivity index (χ0v) is 10.1. The van der Waals surface area contributed by atoms with Gasteiger partial charge < -0.3 is 11.1 Å². The van der Waals surface area contributed by atoms with E-state index in [1.54, 1.807) is 0 Å². The van der Waals surface area contributed by atoms with Gasteiger partial charge in [0.2, 0.25) is 0 Å². The molecule has 0 radical (unpaired) electrons. The Labute approximate surface area is 102 Å². The molecule has 2 rings (SSSR count). The second kappa shape index (κ2) is 4.82. The van der Waals surface area contributed by atoms with E-state index >= 15 is 0 Å². The van der Waals surface area contributed by atoms with Crippen molar-refractivity contribution in [3.63, 3.8) is 0 Å². The van der Waals surface area contributed by atoms with Crippen LogP contribution in [0.25, 0.3) is 10.1 Å². The van der Waals surface area contributed by atoms with Crippen LogP contribution in [0.4, 0.5) is 0 Å². The number of carbonyl (C=O) groups is 1. The van der Waals surface area contributed by atoms with Crippen molar-refractivity contribution < 1.29 is 4.79 Å². The third kappa shape index (κ3) is 2.04. The summed E-state index contributed by atoms with van der Waals surface area (Å²) in [7, 11) is 0. The highest BCUT2D eigenvalue weighted by Crippen LogP contribution is 2.34. The Morgan fingerprint density at radius 1 is 1.44 bits per heavy atom. The molecule has 0 saturated carbocycles. The Balaban J connectivity index is 2.37. The largest absolute Gasteiger partial charge is 0.350 e. The summed E-state index contributed by atoms with van der Waals surface area (Å²) in [6.07, 6.45) is 0. The van der Waals surface area contributed by atoms with Gasteiger partial charge in [0.1, 0.15) is 4.88 Å². The monoisotopic (exact) mass is 254 g/mol. The number of hydrogen-bond acceptors (Lipinski definition) is 3. The molecule has 3 N–H and O–H groups in total. The first kappa shape index (κ1) is 11.4. The van der Waals surface area contributed by atoms with Crippen molar-refractivity contribution in [2.24, 2.45) is 5.73 Å². The summed E-state index contributed by atoms with van der Waals surface area (Å²) in [6, 6.07) is 7.69. The molecule has 0 aliphatic rings. The number of benzene rings is 1. The van der Waals surface area contributed by atoms with Gasteiger partial charge in [0, 0.05) is 23.2 Å². The van der Waals surface area contributed by atoms with Crippen molar-refractivity contribution in [1.82, 2.24) is 5.32 Å². The molecule has 2 aromatic rings. The minimum atomic E-state index is -0.156. The molecule has 0 bridgehead atoms. The van der Waals surface area contributed by atoms with Gasteiger partial charge in [0.15, 0.2) is 0 Å². The van der Waals surface area contributed by atoms with Gasteiger partial charge in [-0.2, -0.15) is 0 Å². The van der Waals surface area contributed by atoms with E-state index in [9.17, 15) is 4.79 Å². The number of rotatable bonds is 3. The standard InChI is InChI=1S/C11H11ClN2OS/c12-9-7-3-1-2-4-8(7)16-10(9)11(15)14-6-5-13/h1-4H,5-6,13H2,(H,14,15). The van der Waals surface area contributed by atoms with Crippen LogP contribution in [0, 0.1) is 0 Å². The van der Waals surface area contributed by atoms with Crippen LogP contribution < -0.4 is 11.1 Å². The smallest absolute Gasteiger partial charge is 0.262 e. The lowest BCUT2D eigenvalue weighted by Crippen LogP contribution is -2.28. The highest BCUT2D eigenvalue weighted by molar-refractivity contribution is 7.21. The van der Waals surface area contributed by atoms with E-state index in [0.29, 0.717) is 23.0 Å². The molecule has 0 fully saturated rings. The van der Waals surface area contributed by atoms with Gasteiger partial charge in [-0.1, -0.05) is 29.8 Å². The van der Waals surface area contributed by atoms with Crippen molar-refractivity contribution in [3.8, 4) is 0 Å². The number of hydrogen-bond donors (Lipinski definition) is 2. The lowest BCUT2D eigenvalue weighted by Gasteiger charge is -2.00. The normalized spacial score (nSPS) is 10.6. The molecule has 0 aliphatic heterocycles. The molecule has 1 amide bonds. The molecule has 1 heterocycles. The summed E-state index contributed by atoms with van der Waals surface area (Å²) in [6.45, 7) is 0.887. The maximum absolute atomic E-state index is 11.8. The van der Waals surface area contributed by atoms with Crippen LogP contribution in [0.15, 0.2) is 24.3 Å². The molecule has 0 spiro atoms. The molecule has 0 unspecified atom stereocenters. The van der Waals surface area contributed by atoms with E-state index in [2.05, 4.69) is 5.32 Å². The maximum atomic E-state index is 11.8. The fourth-order valence-electron chi connectivity index (χ4n) is 1.43. The van der Waals surface area contributed by atoms with E-state index in [1.807, 2.05) is 24.3 Å². The molecule has 84 valence electrons. The Morgan fingerprint density at radius 2 is 2.19 bits per heavy atom. The van der Waals surface area contributed by atoms with E-state index < -0.39 is 0 Å². The minimum absolute atomic E-state index is 0.156. The van der Waals surface area contributed by atoms with E-state index in [1.165, 1.54) is 11.3 Å².